The minimum absolute atomic E-state index is 0.0160. The molecule has 1 amide bonds. The Bertz CT molecular complexity index is 893. The van der Waals surface area contributed by atoms with Crippen LogP contribution in [0.1, 0.15) is 63.5 Å². The molecule has 0 unspecified atom stereocenters. The van der Waals surface area contributed by atoms with Crippen LogP contribution in [0, 0.1) is 5.92 Å². The van der Waals surface area contributed by atoms with Gasteiger partial charge in [0.1, 0.15) is 5.69 Å². The van der Waals surface area contributed by atoms with E-state index in [1.165, 1.54) is 6.42 Å². The van der Waals surface area contributed by atoms with Gasteiger partial charge >= 0.3 is 6.18 Å². The topological polar surface area (TPSA) is 54.0 Å². The van der Waals surface area contributed by atoms with Gasteiger partial charge in [-0.2, -0.15) is 13.2 Å². The lowest BCUT2D eigenvalue weighted by molar-refractivity contribution is -0.140. The molecule has 30 heavy (non-hydrogen) atoms. The van der Waals surface area contributed by atoms with Gasteiger partial charge in [0.05, 0.1) is 5.52 Å². The van der Waals surface area contributed by atoms with E-state index in [4.69, 9.17) is 0 Å². The lowest BCUT2D eigenvalue weighted by atomic mass is 9.87. The molecule has 0 radical (unpaired) electrons. The molecule has 0 bridgehead atoms. The Morgan fingerprint density at radius 3 is 2.47 bits per heavy atom. The van der Waals surface area contributed by atoms with Gasteiger partial charge < -0.3 is 10.6 Å². The highest BCUT2D eigenvalue weighted by molar-refractivity contribution is 5.91. The minimum atomic E-state index is -4.50. The molecule has 2 aliphatic rings. The van der Waals surface area contributed by atoms with Gasteiger partial charge in [0.2, 0.25) is 5.91 Å². The first-order valence-corrected chi connectivity index (χ1v) is 10.9. The maximum atomic E-state index is 13.3. The summed E-state index contributed by atoms with van der Waals surface area (Å²) in [6, 6.07) is 8.07. The Balaban J connectivity index is 1.47. The van der Waals surface area contributed by atoms with Crippen LogP contribution >= 0.6 is 0 Å². The van der Waals surface area contributed by atoms with E-state index < -0.39 is 11.9 Å². The molecular formula is C23H28F3N3O. The second-order valence-electron chi connectivity index (χ2n) is 8.62. The van der Waals surface area contributed by atoms with Crippen LogP contribution in [0.4, 0.5) is 18.9 Å². The quantitative estimate of drug-likeness (QED) is 0.671. The summed E-state index contributed by atoms with van der Waals surface area (Å²) in [4.78, 5) is 16.4. The van der Waals surface area contributed by atoms with E-state index in [-0.39, 0.29) is 23.9 Å². The number of carbonyl (C=O) groups is 1. The Morgan fingerprint density at radius 1 is 0.967 bits per heavy atom. The van der Waals surface area contributed by atoms with Crippen molar-refractivity contribution in [1.29, 1.82) is 0 Å². The maximum absolute atomic E-state index is 13.3. The van der Waals surface area contributed by atoms with Gasteiger partial charge in [0.25, 0.3) is 0 Å². The number of halogens is 3. The molecule has 162 valence electrons. The van der Waals surface area contributed by atoms with E-state index in [0.29, 0.717) is 16.6 Å². The Morgan fingerprint density at radius 2 is 1.70 bits per heavy atom. The van der Waals surface area contributed by atoms with Crippen LogP contribution in [0.5, 0.6) is 0 Å². The first-order valence-electron chi connectivity index (χ1n) is 10.9. The van der Waals surface area contributed by atoms with Crippen LogP contribution in [-0.4, -0.2) is 23.0 Å². The van der Waals surface area contributed by atoms with E-state index >= 15 is 0 Å². The number of fused-ring (bicyclic) bond motifs is 1. The summed E-state index contributed by atoms with van der Waals surface area (Å²) < 4.78 is 40.0. The van der Waals surface area contributed by atoms with Crippen molar-refractivity contribution in [2.24, 2.45) is 5.92 Å². The molecule has 2 saturated carbocycles. The third-order valence-corrected chi connectivity index (χ3v) is 6.36. The molecule has 2 atom stereocenters. The standard InChI is InChI=1S/C23H28F3N3O/c24-23(25,26)21-14-20(18-11-4-5-12-19(18)29-21)27-16-9-6-10-17(13-16)28-22(30)15-7-2-1-3-8-15/h4-5,11-12,14-17H,1-3,6-10,13H2,(H,27,29)(H,28,30)/t16-,17+/m0/s1. The minimum Gasteiger partial charge on any atom is -0.382 e. The molecule has 0 aliphatic heterocycles. The molecular weight excluding hydrogens is 391 g/mol. The molecule has 2 aliphatic carbocycles. The zero-order valence-electron chi connectivity index (χ0n) is 17.0. The monoisotopic (exact) mass is 419 g/mol. The fourth-order valence-corrected chi connectivity index (χ4v) is 4.80. The van der Waals surface area contributed by atoms with Crippen LogP contribution in [0.25, 0.3) is 10.9 Å². The molecule has 2 fully saturated rings. The molecule has 7 heteroatoms. The molecule has 0 saturated heterocycles. The number of anilines is 1. The van der Waals surface area contributed by atoms with Crippen LogP contribution in [-0.2, 0) is 11.0 Å². The first-order chi connectivity index (χ1) is 14.4. The number of pyridine rings is 1. The lowest BCUT2D eigenvalue weighted by Crippen LogP contribution is -2.44. The molecule has 1 aromatic carbocycles. The van der Waals surface area contributed by atoms with Crippen molar-refractivity contribution in [2.45, 2.75) is 76.0 Å². The van der Waals surface area contributed by atoms with Gasteiger partial charge in [-0.05, 0) is 50.7 Å². The summed E-state index contributed by atoms with van der Waals surface area (Å²) in [5.41, 5.74) is -0.105. The second-order valence-corrected chi connectivity index (χ2v) is 8.62. The van der Waals surface area contributed by atoms with Gasteiger partial charge in [-0.25, -0.2) is 4.98 Å². The normalized spacial score (nSPS) is 23.3. The van der Waals surface area contributed by atoms with Gasteiger partial charge in [-0.15, -0.1) is 0 Å². The molecule has 0 spiro atoms. The highest BCUT2D eigenvalue weighted by Gasteiger charge is 2.34. The summed E-state index contributed by atoms with van der Waals surface area (Å²) in [7, 11) is 0. The number of nitrogens with one attached hydrogen (secondary N) is 2. The largest absolute Gasteiger partial charge is 0.433 e. The third-order valence-electron chi connectivity index (χ3n) is 6.36. The van der Waals surface area contributed by atoms with Gasteiger partial charge in [-0.3, -0.25) is 4.79 Å². The number of rotatable bonds is 4. The number of nitrogens with zero attached hydrogens (tertiary/aromatic N) is 1. The second kappa shape index (κ2) is 8.82. The number of hydrogen-bond acceptors (Lipinski definition) is 3. The Labute approximate surface area is 174 Å². The maximum Gasteiger partial charge on any atom is 0.433 e. The van der Waals surface area contributed by atoms with Crippen molar-refractivity contribution in [3.63, 3.8) is 0 Å². The number of amides is 1. The van der Waals surface area contributed by atoms with E-state index in [1.54, 1.807) is 24.3 Å². The number of hydrogen-bond donors (Lipinski definition) is 2. The summed E-state index contributed by atoms with van der Waals surface area (Å²) in [6.45, 7) is 0. The highest BCUT2D eigenvalue weighted by Crippen LogP contribution is 2.34. The van der Waals surface area contributed by atoms with Crippen molar-refractivity contribution in [3.05, 3.63) is 36.0 Å². The Hall–Kier alpha value is -2.31. The summed E-state index contributed by atoms with van der Waals surface area (Å²) in [6.07, 6.45) is 4.30. The van der Waals surface area contributed by atoms with Gasteiger partial charge in [0, 0.05) is 29.1 Å². The van der Waals surface area contributed by atoms with Crippen molar-refractivity contribution >= 4 is 22.5 Å². The average molecular weight is 419 g/mol. The van der Waals surface area contributed by atoms with Crippen molar-refractivity contribution < 1.29 is 18.0 Å². The van der Waals surface area contributed by atoms with E-state index in [9.17, 15) is 18.0 Å². The van der Waals surface area contributed by atoms with Crippen LogP contribution < -0.4 is 10.6 Å². The molecule has 4 nitrogen and oxygen atoms in total. The number of aromatic nitrogens is 1. The van der Waals surface area contributed by atoms with Crippen molar-refractivity contribution in [1.82, 2.24) is 10.3 Å². The van der Waals surface area contributed by atoms with E-state index in [2.05, 4.69) is 15.6 Å². The molecule has 2 N–H and O–H groups in total. The van der Waals surface area contributed by atoms with E-state index in [0.717, 1.165) is 57.4 Å². The third kappa shape index (κ3) is 4.87. The zero-order valence-corrected chi connectivity index (χ0v) is 17.0. The zero-order chi connectivity index (χ0) is 21.1. The molecule has 2 aromatic rings. The first kappa shape index (κ1) is 20.9. The predicted octanol–water partition coefficient (Wildman–Crippen LogP) is 5.67. The number of para-hydroxylation sites is 1. The fraction of sp³-hybridized carbons (Fsp3) is 0.565. The highest BCUT2D eigenvalue weighted by atomic mass is 19.4. The smallest absolute Gasteiger partial charge is 0.382 e. The van der Waals surface area contributed by atoms with Crippen LogP contribution in [0.3, 0.4) is 0 Å². The average Bonchev–Trinajstić information content (AvgIpc) is 2.74. The summed E-state index contributed by atoms with van der Waals surface area (Å²) in [5.74, 6) is 0.264. The Kier molecular flexibility index (Phi) is 6.16. The number of carbonyl (C=O) groups excluding carboxylic acids is 1. The van der Waals surface area contributed by atoms with Crippen LogP contribution in [0.15, 0.2) is 30.3 Å². The molecule has 1 aromatic heterocycles. The lowest BCUT2D eigenvalue weighted by Gasteiger charge is -2.33. The summed E-state index contributed by atoms with van der Waals surface area (Å²) in [5, 5.41) is 7.21. The van der Waals surface area contributed by atoms with E-state index in [1.807, 2.05) is 0 Å². The van der Waals surface area contributed by atoms with Crippen LogP contribution in [0.2, 0.25) is 0 Å². The number of benzene rings is 1. The van der Waals surface area contributed by atoms with Gasteiger partial charge in [0.15, 0.2) is 0 Å². The predicted molar refractivity (Wildman–Crippen MR) is 111 cm³/mol. The van der Waals surface area contributed by atoms with Crippen molar-refractivity contribution in [2.75, 3.05) is 5.32 Å². The molecule has 4 rings (SSSR count). The SMILES string of the molecule is O=C(N[C@@H]1CCC[C@H](Nc2cc(C(F)(F)F)nc3ccccc23)C1)C1CCCCC1. The molecule has 1 heterocycles. The summed E-state index contributed by atoms with van der Waals surface area (Å²) >= 11 is 0. The fourth-order valence-electron chi connectivity index (χ4n) is 4.80. The number of alkyl halides is 3. The van der Waals surface area contributed by atoms with Crippen molar-refractivity contribution in [3.8, 4) is 0 Å². The van der Waals surface area contributed by atoms with Gasteiger partial charge in [-0.1, -0.05) is 37.5 Å².